The molecule has 0 aliphatic heterocycles. The van der Waals surface area contributed by atoms with E-state index in [1.807, 2.05) is 38.1 Å². The van der Waals surface area contributed by atoms with E-state index < -0.39 is 10.0 Å². The average molecular weight is 300 g/mol. The monoisotopic (exact) mass is 300 g/mol. The third-order valence-corrected chi connectivity index (χ3v) is 4.94. The zero-order chi connectivity index (χ0) is 15.0. The van der Waals surface area contributed by atoms with Crippen LogP contribution in [-0.2, 0) is 27.1 Å². The highest BCUT2D eigenvalue weighted by atomic mass is 32.2. The van der Waals surface area contributed by atoms with Crippen molar-refractivity contribution in [2.75, 3.05) is 26.3 Å². The Morgan fingerprint density at radius 3 is 2.55 bits per heavy atom. The Hall–Kier alpha value is -0.950. The van der Waals surface area contributed by atoms with Crippen molar-refractivity contribution >= 4 is 10.0 Å². The molecule has 5 nitrogen and oxygen atoms in total. The summed E-state index contributed by atoms with van der Waals surface area (Å²) in [6.07, 6.45) is 0. The fourth-order valence-corrected chi connectivity index (χ4v) is 3.48. The second-order valence-electron chi connectivity index (χ2n) is 4.47. The molecule has 0 amide bonds. The van der Waals surface area contributed by atoms with Gasteiger partial charge < -0.3 is 10.5 Å². The van der Waals surface area contributed by atoms with Crippen LogP contribution >= 0.6 is 0 Å². The van der Waals surface area contributed by atoms with Crippen molar-refractivity contribution < 1.29 is 13.2 Å². The predicted octanol–water partition coefficient (Wildman–Crippen LogP) is 1.33. The van der Waals surface area contributed by atoms with Crippen LogP contribution in [0.4, 0.5) is 0 Å². The molecule has 0 aliphatic rings. The minimum absolute atomic E-state index is 0.000799. The summed E-state index contributed by atoms with van der Waals surface area (Å²) in [6, 6.07) is 7.38. The number of benzene rings is 1. The summed E-state index contributed by atoms with van der Waals surface area (Å²) in [7, 11) is -3.32. The summed E-state index contributed by atoms with van der Waals surface area (Å²) in [6.45, 7) is 6.00. The van der Waals surface area contributed by atoms with Crippen molar-refractivity contribution in [3.05, 3.63) is 35.4 Å². The summed E-state index contributed by atoms with van der Waals surface area (Å²) in [5.41, 5.74) is 7.28. The Bertz CT molecular complexity index is 503. The van der Waals surface area contributed by atoms with Crippen LogP contribution in [0.15, 0.2) is 24.3 Å². The molecule has 6 heteroatoms. The maximum absolute atomic E-state index is 12.4. The van der Waals surface area contributed by atoms with Gasteiger partial charge in [0.15, 0.2) is 0 Å². The van der Waals surface area contributed by atoms with Crippen LogP contribution in [0, 0.1) is 0 Å². The van der Waals surface area contributed by atoms with Crippen molar-refractivity contribution in [1.82, 2.24) is 4.31 Å². The van der Waals surface area contributed by atoms with Crippen LogP contribution in [0.25, 0.3) is 0 Å². The zero-order valence-electron chi connectivity index (χ0n) is 12.2. The lowest BCUT2D eigenvalue weighted by Gasteiger charge is -2.20. The molecule has 20 heavy (non-hydrogen) atoms. The van der Waals surface area contributed by atoms with E-state index in [-0.39, 0.29) is 5.75 Å². The molecular formula is C14H24N2O3S. The smallest absolute Gasteiger partial charge is 0.218 e. The number of likely N-dealkylation sites (N-methyl/N-ethyl adjacent to an activating group) is 1. The lowest BCUT2D eigenvalue weighted by atomic mass is 10.1. The summed E-state index contributed by atoms with van der Waals surface area (Å²) in [4.78, 5) is 0. The first-order chi connectivity index (χ1) is 9.53. The van der Waals surface area contributed by atoms with E-state index in [1.54, 1.807) is 0 Å². The first-order valence-corrected chi connectivity index (χ1v) is 8.47. The topological polar surface area (TPSA) is 72.6 Å². The van der Waals surface area contributed by atoms with E-state index in [1.165, 1.54) is 4.31 Å². The third-order valence-electron chi connectivity index (χ3n) is 3.01. The third kappa shape index (κ3) is 5.20. The maximum Gasteiger partial charge on any atom is 0.218 e. The van der Waals surface area contributed by atoms with Gasteiger partial charge in [0.2, 0.25) is 10.0 Å². The highest BCUT2D eigenvalue weighted by molar-refractivity contribution is 7.88. The molecule has 0 spiro atoms. The van der Waals surface area contributed by atoms with Gasteiger partial charge in [0, 0.05) is 26.2 Å². The lowest BCUT2D eigenvalue weighted by Crippen LogP contribution is -2.34. The van der Waals surface area contributed by atoms with Crippen molar-refractivity contribution in [2.24, 2.45) is 5.73 Å². The van der Waals surface area contributed by atoms with Gasteiger partial charge in [-0.05, 0) is 18.1 Å². The molecule has 0 fully saturated rings. The molecule has 0 radical (unpaired) electrons. The van der Waals surface area contributed by atoms with Crippen LogP contribution in [0.1, 0.15) is 25.0 Å². The highest BCUT2D eigenvalue weighted by Crippen LogP contribution is 2.12. The summed E-state index contributed by atoms with van der Waals surface area (Å²) in [5.74, 6) is 0.000799. The van der Waals surface area contributed by atoms with Gasteiger partial charge in [-0.25, -0.2) is 8.42 Å². The molecule has 0 aromatic heterocycles. The van der Waals surface area contributed by atoms with Crippen LogP contribution in [0.3, 0.4) is 0 Å². The first-order valence-electron chi connectivity index (χ1n) is 6.87. The Morgan fingerprint density at radius 1 is 1.25 bits per heavy atom. The van der Waals surface area contributed by atoms with E-state index in [4.69, 9.17) is 10.5 Å². The summed E-state index contributed by atoms with van der Waals surface area (Å²) >= 11 is 0. The highest BCUT2D eigenvalue weighted by Gasteiger charge is 2.20. The number of hydrogen-bond acceptors (Lipinski definition) is 4. The number of sulfonamides is 1. The number of nitrogens with two attached hydrogens (primary N) is 1. The molecule has 1 aromatic carbocycles. The molecule has 1 aromatic rings. The molecule has 0 saturated heterocycles. The number of nitrogens with zero attached hydrogens (tertiary/aromatic N) is 1. The van der Waals surface area contributed by atoms with E-state index >= 15 is 0 Å². The number of ether oxygens (including phenoxy) is 1. The van der Waals surface area contributed by atoms with E-state index in [0.29, 0.717) is 32.8 Å². The van der Waals surface area contributed by atoms with Crippen molar-refractivity contribution in [3.63, 3.8) is 0 Å². The molecule has 0 bridgehead atoms. The Labute approximate surface area is 121 Å². The molecule has 0 saturated carbocycles. The molecule has 1 rings (SSSR count). The standard InChI is InChI=1S/C14H24N2O3S/c1-3-16(8-9-19-4-2)20(17,18)12-14-7-5-6-13(10-14)11-15/h5-7,10H,3-4,8-9,11-12,15H2,1-2H3. The van der Waals surface area contributed by atoms with Crippen LogP contribution in [0.2, 0.25) is 0 Å². The number of rotatable bonds is 9. The largest absolute Gasteiger partial charge is 0.380 e. The van der Waals surface area contributed by atoms with Gasteiger partial charge in [0.1, 0.15) is 0 Å². The second kappa shape index (κ2) is 8.36. The summed E-state index contributed by atoms with van der Waals surface area (Å²) in [5, 5.41) is 0. The molecular weight excluding hydrogens is 276 g/mol. The quantitative estimate of drug-likeness (QED) is 0.698. The molecule has 114 valence electrons. The average Bonchev–Trinajstić information content (AvgIpc) is 2.43. The van der Waals surface area contributed by atoms with E-state index in [0.717, 1.165) is 11.1 Å². The fourth-order valence-electron chi connectivity index (χ4n) is 1.95. The molecule has 0 heterocycles. The van der Waals surface area contributed by atoms with Gasteiger partial charge in [-0.15, -0.1) is 0 Å². The lowest BCUT2D eigenvalue weighted by molar-refractivity contribution is 0.135. The van der Waals surface area contributed by atoms with Crippen molar-refractivity contribution in [2.45, 2.75) is 26.1 Å². The number of hydrogen-bond donors (Lipinski definition) is 1. The van der Waals surface area contributed by atoms with Crippen LogP contribution in [0.5, 0.6) is 0 Å². The Kier molecular flexibility index (Phi) is 7.15. The Balaban J connectivity index is 2.75. The van der Waals surface area contributed by atoms with Gasteiger partial charge in [-0.3, -0.25) is 0 Å². The normalized spacial score (nSPS) is 12.0. The van der Waals surface area contributed by atoms with Crippen molar-refractivity contribution in [1.29, 1.82) is 0 Å². The molecule has 2 N–H and O–H groups in total. The van der Waals surface area contributed by atoms with Crippen LogP contribution < -0.4 is 5.73 Å². The van der Waals surface area contributed by atoms with Gasteiger partial charge in [-0.1, -0.05) is 31.2 Å². The van der Waals surface area contributed by atoms with Gasteiger partial charge in [-0.2, -0.15) is 4.31 Å². The first kappa shape index (κ1) is 17.1. The van der Waals surface area contributed by atoms with Gasteiger partial charge in [0.25, 0.3) is 0 Å². The molecule has 0 atom stereocenters. The zero-order valence-corrected chi connectivity index (χ0v) is 13.0. The molecule has 0 unspecified atom stereocenters. The van der Waals surface area contributed by atoms with Gasteiger partial charge >= 0.3 is 0 Å². The van der Waals surface area contributed by atoms with Crippen molar-refractivity contribution in [3.8, 4) is 0 Å². The van der Waals surface area contributed by atoms with E-state index in [9.17, 15) is 8.42 Å². The second-order valence-corrected chi connectivity index (χ2v) is 6.44. The fraction of sp³-hybridized carbons (Fsp3) is 0.571. The minimum Gasteiger partial charge on any atom is -0.380 e. The van der Waals surface area contributed by atoms with Gasteiger partial charge in [0.05, 0.1) is 12.4 Å². The van der Waals surface area contributed by atoms with Crippen LogP contribution in [-0.4, -0.2) is 39.0 Å². The SMILES string of the molecule is CCOCCN(CC)S(=O)(=O)Cc1cccc(CN)c1. The minimum atomic E-state index is -3.32. The predicted molar refractivity (Wildman–Crippen MR) is 80.7 cm³/mol. The Morgan fingerprint density at radius 2 is 1.95 bits per heavy atom. The molecule has 0 aliphatic carbocycles. The summed E-state index contributed by atoms with van der Waals surface area (Å²) < 4.78 is 31.4. The maximum atomic E-state index is 12.4. The van der Waals surface area contributed by atoms with E-state index in [2.05, 4.69) is 0 Å².